The van der Waals surface area contributed by atoms with E-state index in [4.69, 9.17) is 5.84 Å². The molecule has 0 aliphatic rings. The van der Waals surface area contributed by atoms with Crippen LogP contribution in [0.25, 0.3) is 0 Å². The molecule has 0 aliphatic heterocycles. The Bertz CT molecular complexity index is 431. The third kappa shape index (κ3) is 4.52. The molecule has 19 heavy (non-hydrogen) atoms. The summed E-state index contributed by atoms with van der Waals surface area (Å²) in [5.41, 5.74) is 3.95. The molecule has 0 radical (unpaired) electrons. The molecule has 0 aliphatic carbocycles. The molecule has 0 saturated carbocycles. The molecule has 0 bridgehead atoms. The molecular formula is C14H24N4O. The van der Waals surface area contributed by atoms with Crippen LogP contribution in [0.1, 0.15) is 56.1 Å². The number of rotatable bonds is 6. The largest absolute Gasteiger partial charge is 0.352 e. The van der Waals surface area contributed by atoms with E-state index < -0.39 is 0 Å². The van der Waals surface area contributed by atoms with Gasteiger partial charge in [-0.3, -0.25) is 4.79 Å². The number of aromatic nitrogens is 1. The molecule has 1 heterocycles. The zero-order chi connectivity index (χ0) is 14.4. The number of nitrogens with two attached hydrogens (primary N) is 1. The van der Waals surface area contributed by atoms with E-state index in [9.17, 15) is 4.79 Å². The van der Waals surface area contributed by atoms with E-state index in [1.807, 2.05) is 19.9 Å². The molecule has 1 atom stereocenters. The van der Waals surface area contributed by atoms with Gasteiger partial charge in [-0.1, -0.05) is 34.1 Å². The fourth-order valence-electron chi connectivity index (χ4n) is 1.57. The van der Waals surface area contributed by atoms with Crippen molar-refractivity contribution in [2.75, 3.05) is 12.0 Å². The summed E-state index contributed by atoms with van der Waals surface area (Å²) < 4.78 is 0. The summed E-state index contributed by atoms with van der Waals surface area (Å²) in [4.78, 5) is 16.4. The van der Waals surface area contributed by atoms with Crippen LogP contribution < -0.4 is 16.6 Å². The number of carbonyl (C=O) groups is 1. The summed E-state index contributed by atoms with van der Waals surface area (Å²) in [6.07, 6.45) is 1.05. The van der Waals surface area contributed by atoms with Crippen molar-refractivity contribution in [2.45, 2.75) is 40.0 Å². The van der Waals surface area contributed by atoms with E-state index in [0.29, 0.717) is 23.8 Å². The molecule has 1 amide bonds. The number of hydrogen-bond acceptors (Lipinski definition) is 4. The van der Waals surface area contributed by atoms with E-state index in [1.54, 1.807) is 6.07 Å². The Morgan fingerprint density at radius 2 is 2.05 bits per heavy atom. The number of hydrazine groups is 1. The maximum atomic E-state index is 12.1. The minimum atomic E-state index is -0.0823. The van der Waals surface area contributed by atoms with Gasteiger partial charge in [0.15, 0.2) is 0 Å². The van der Waals surface area contributed by atoms with Gasteiger partial charge in [0.25, 0.3) is 5.91 Å². The van der Waals surface area contributed by atoms with Crippen LogP contribution >= 0.6 is 0 Å². The molecule has 1 aromatic rings. The molecule has 0 aromatic carbocycles. The van der Waals surface area contributed by atoms with Crippen LogP contribution in [-0.4, -0.2) is 17.4 Å². The fraction of sp³-hybridized carbons (Fsp3) is 0.571. The van der Waals surface area contributed by atoms with E-state index in [1.165, 1.54) is 0 Å². The predicted molar refractivity (Wildman–Crippen MR) is 77.9 cm³/mol. The lowest BCUT2D eigenvalue weighted by Crippen LogP contribution is -2.28. The summed E-state index contributed by atoms with van der Waals surface area (Å²) in [5, 5.41) is 2.93. The Morgan fingerprint density at radius 3 is 2.58 bits per heavy atom. The fourth-order valence-corrected chi connectivity index (χ4v) is 1.57. The van der Waals surface area contributed by atoms with E-state index >= 15 is 0 Å². The SMILES string of the molecule is CCC(C)CNC(=O)c1cc(NN)nc(C(C)C)c1. The van der Waals surface area contributed by atoms with Crippen LogP contribution in [0, 0.1) is 5.92 Å². The van der Waals surface area contributed by atoms with Crippen molar-refractivity contribution in [1.29, 1.82) is 0 Å². The molecule has 0 saturated heterocycles. The number of amides is 1. The highest BCUT2D eigenvalue weighted by Gasteiger charge is 2.12. The second-order valence-corrected chi connectivity index (χ2v) is 5.19. The summed E-state index contributed by atoms with van der Waals surface area (Å²) in [7, 11) is 0. The van der Waals surface area contributed by atoms with Crippen molar-refractivity contribution in [3.8, 4) is 0 Å². The zero-order valence-electron chi connectivity index (χ0n) is 12.2. The molecular weight excluding hydrogens is 240 g/mol. The number of anilines is 1. The Balaban J connectivity index is 2.86. The molecule has 4 N–H and O–H groups in total. The monoisotopic (exact) mass is 264 g/mol. The van der Waals surface area contributed by atoms with E-state index in [0.717, 1.165) is 12.1 Å². The first-order valence-electron chi connectivity index (χ1n) is 6.74. The third-order valence-electron chi connectivity index (χ3n) is 3.15. The van der Waals surface area contributed by atoms with Crippen LogP contribution in [-0.2, 0) is 0 Å². The minimum Gasteiger partial charge on any atom is -0.352 e. The van der Waals surface area contributed by atoms with Gasteiger partial charge in [0.05, 0.1) is 0 Å². The highest BCUT2D eigenvalue weighted by molar-refractivity contribution is 5.95. The lowest BCUT2D eigenvalue weighted by Gasteiger charge is -2.13. The topological polar surface area (TPSA) is 80.0 Å². The molecule has 1 rings (SSSR count). The van der Waals surface area contributed by atoms with Gasteiger partial charge < -0.3 is 10.7 Å². The first kappa shape index (κ1) is 15.4. The number of nitrogens with zero attached hydrogens (tertiary/aromatic N) is 1. The van der Waals surface area contributed by atoms with E-state index in [2.05, 4.69) is 29.6 Å². The number of nitrogen functional groups attached to an aromatic ring is 1. The first-order valence-corrected chi connectivity index (χ1v) is 6.74. The second-order valence-electron chi connectivity index (χ2n) is 5.19. The quantitative estimate of drug-likeness (QED) is 0.544. The molecule has 0 fully saturated rings. The molecule has 0 spiro atoms. The second kappa shape index (κ2) is 7.09. The number of nitrogens with one attached hydrogen (secondary N) is 2. The third-order valence-corrected chi connectivity index (χ3v) is 3.15. The lowest BCUT2D eigenvalue weighted by molar-refractivity contribution is 0.0947. The minimum absolute atomic E-state index is 0.0823. The van der Waals surface area contributed by atoms with Gasteiger partial charge in [0.1, 0.15) is 5.82 Å². The van der Waals surface area contributed by atoms with Gasteiger partial charge in [-0.15, -0.1) is 0 Å². The summed E-state index contributed by atoms with van der Waals surface area (Å²) in [5.74, 6) is 6.54. The van der Waals surface area contributed by atoms with Gasteiger partial charge in [0.2, 0.25) is 0 Å². The van der Waals surface area contributed by atoms with Crippen molar-refractivity contribution in [1.82, 2.24) is 10.3 Å². The summed E-state index contributed by atoms with van der Waals surface area (Å²) in [6.45, 7) is 8.96. The smallest absolute Gasteiger partial charge is 0.251 e. The van der Waals surface area contributed by atoms with Crippen molar-refractivity contribution in [3.63, 3.8) is 0 Å². The Labute approximate surface area is 115 Å². The van der Waals surface area contributed by atoms with Gasteiger partial charge in [-0.25, -0.2) is 10.8 Å². The molecule has 1 aromatic heterocycles. The highest BCUT2D eigenvalue weighted by Crippen LogP contribution is 2.17. The molecule has 5 nitrogen and oxygen atoms in total. The van der Waals surface area contributed by atoms with Crippen LogP contribution in [0.2, 0.25) is 0 Å². The van der Waals surface area contributed by atoms with Gasteiger partial charge in [-0.05, 0) is 24.0 Å². The van der Waals surface area contributed by atoms with Crippen molar-refractivity contribution in [2.24, 2.45) is 11.8 Å². The average Bonchev–Trinajstić information content (AvgIpc) is 2.43. The van der Waals surface area contributed by atoms with Gasteiger partial charge >= 0.3 is 0 Å². The Morgan fingerprint density at radius 1 is 1.37 bits per heavy atom. The number of carbonyl (C=O) groups excluding carboxylic acids is 1. The average molecular weight is 264 g/mol. The predicted octanol–water partition coefficient (Wildman–Crippen LogP) is 2.27. The Hall–Kier alpha value is -1.62. The normalized spacial score (nSPS) is 12.3. The molecule has 1 unspecified atom stereocenters. The van der Waals surface area contributed by atoms with Gasteiger partial charge in [0, 0.05) is 17.8 Å². The Kier molecular flexibility index (Phi) is 5.76. The molecule has 106 valence electrons. The molecule has 5 heteroatoms. The number of hydrogen-bond donors (Lipinski definition) is 3. The van der Waals surface area contributed by atoms with Crippen molar-refractivity contribution >= 4 is 11.7 Å². The van der Waals surface area contributed by atoms with Crippen molar-refractivity contribution < 1.29 is 4.79 Å². The van der Waals surface area contributed by atoms with E-state index in [-0.39, 0.29) is 11.8 Å². The van der Waals surface area contributed by atoms with Crippen LogP contribution in [0.3, 0.4) is 0 Å². The number of pyridine rings is 1. The van der Waals surface area contributed by atoms with Crippen molar-refractivity contribution in [3.05, 3.63) is 23.4 Å². The van der Waals surface area contributed by atoms with Gasteiger partial charge in [-0.2, -0.15) is 0 Å². The lowest BCUT2D eigenvalue weighted by atomic mass is 10.1. The van der Waals surface area contributed by atoms with Crippen LogP contribution in [0.4, 0.5) is 5.82 Å². The maximum absolute atomic E-state index is 12.1. The summed E-state index contributed by atoms with van der Waals surface area (Å²) in [6, 6.07) is 3.48. The first-order chi connectivity index (χ1) is 8.97. The van der Waals surface area contributed by atoms with Crippen LogP contribution in [0.5, 0.6) is 0 Å². The van der Waals surface area contributed by atoms with Crippen LogP contribution in [0.15, 0.2) is 12.1 Å². The summed E-state index contributed by atoms with van der Waals surface area (Å²) >= 11 is 0. The standard InChI is InChI=1S/C14H24N4O/c1-5-10(4)8-16-14(19)11-6-12(9(2)3)17-13(7-11)18-15/h6-7,9-10H,5,8,15H2,1-4H3,(H,16,19)(H,17,18). The highest BCUT2D eigenvalue weighted by atomic mass is 16.1. The maximum Gasteiger partial charge on any atom is 0.251 e. The zero-order valence-corrected chi connectivity index (χ0v) is 12.2.